The molecule has 0 aromatic heterocycles. The van der Waals surface area contributed by atoms with Gasteiger partial charge in [0.1, 0.15) is 6.29 Å². The van der Waals surface area contributed by atoms with Crippen molar-refractivity contribution in [1.29, 1.82) is 0 Å². The average molecular weight is 484 g/mol. The maximum atomic E-state index is 12.4. The van der Waals surface area contributed by atoms with Gasteiger partial charge in [-0.25, -0.2) is 0 Å². The van der Waals surface area contributed by atoms with Gasteiger partial charge in [-0.1, -0.05) is 60.8 Å². The minimum absolute atomic E-state index is 0.0537. The first-order valence-electron chi connectivity index (χ1n) is 12.8. The monoisotopic (exact) mass is 483 g/mol. The Balaban J connectivity index is 4.07. The minimum Gasteiger partial charge on any atom is -0.378 e. The number of unbranched alkanes of at least 4 members (excludes halogenated alkanes) is 3. The van der Waals surface area contributed by atoms with Crippen LogP contribution < -0.4 is 16.0 Å². The maximum absolute atomic E-state index is 12.4. The van der Waals surface area contributed by atoms with Gasteiger partial charge >= 0.3 is 0 Å². The van der Waals surface area contributed by atoms with Crippen molar-refractivity contribution in [2.45, 2.75) is 112 Å². The fourth-order valence-electron chi connectivity index (χ4n) is 3.05. The van der Waals surface area contributed by atoms with Crippen LogP contribution >= 0.6 is 0 Å². The largest absolute Gasteiger partial charge is 0.378 e. The SMILES string of the molecule is CCCCCCNC(=O)C(C)(C)CCOC(C)CCNC(=O)CCC(C=O)NC(=O)C(C)(C)C. The van der Waals surface area contributed by atoms with Crippen LogP contribution in [0.4, 0.5) is 0 Å². The van der Waals surface area contributed by atoms with Gasteiger partial charge < -0.3 is 25.5 Å². The van der Waals surface area contributed by atoms with Crippen molar-refractivity contribution < 1.29 is 23.9 Å². The maximum Gasteiger partial charge on any atom is 0.225 e. The lowest BCUT2D eigenvalue weighted by Gasteiger charge is -2.24. The first-order chi connectivity index (χ1) is 15.8. The third kappa shape index (κ3) is 15.0. The highest BCUT2D eigenvalue weighted by atomic mass is 16.5. The lowest BCUT2D eigenvalue weighted by molar-refractivity contribution is -0.131. The summed E-state index contributed by atoms with van der Waals surface area (Å²) in [6.45, 7) is 14.9. The van der Waals surface area contributed by atoms with E-state index >= 15 is 0 Å². The summed E-state index contributed by atoms with van der Waals surface area (Å²) in [6, 6.07) is -0.670. The Morgan fingerprint density at radius 1 is 0.912 bits per heavy atom. The van der Waals surface area contributed by atoms with Crippen molar-refractivity contribution in [2.75, 3.05) is 19.7 Å². The van der Waals surface area contributed by atoms with Gasteiger partial charge in [0.25, 0.3) is 0 Å². The van der Waals surface area contributed by atoms with Gasteiger partial charge in [-0.2, -0.15) is 0 Å². The summed E-state index contributed by atoms with van der Waals surface area (Å²) in [4.78, 5) is 47.7. The summed E-state index contributed by atoms with van der Waals surface area (Å²) in [5, 5.41) is 8.51. The number of carbonyl (C=O) groups is 4. The van der Waals surface area contributed by atoms with Crippen LogP contribution in [0.25, 0.3) is 0 Å². The van der Waals surface area contributed by atoms with Gasteiger partial charge in [-0.15, -0.1) is 0 Å². The highest BCUT2D eigenvalue weighted by Gasteiger charge is 2.27. The zero-order chi connectivity index (χ0) is 26.2. The van der Waals surface area contributed by atoms with E-state index in [1.807, 2.05) is 20.8 Å². The normalized spacial score (nSPS) is 13.6. The highest BCUT2D eigenvalue weighted by molar-refractivity contribution is 5.84. The smallest absolute Gasteiger partial charge is 0.225 e. The van der Waals surface area contributed by atoms with E-state index in [2.05, 4.69) is 22.9 Å². The summed E-state index contributed by atoms with van der Waals surface area (Å²) < 4.78 is 5.83. The molecule has 34 heavy (non-hydrogen) atoms. The Morgan fingerprint density at radius 2 is 1.59 bits per heavy atom. The molecule has 2 unspecified atom stereocenters. The topological polar surface area (TPSA) is 114 Å². The first kappa shape index (κ1) is 32.0. The second-order valence-electron chi connectivity index (χ2n) is 10.8. The molecule has 0 rings (SSSR count). The molecule has 0 radical (unpaired) electrons. The van der Waals surface area contributed by atoms with E-state index in [4.69, 9.17) is 4.74 Å². The fraction of sp³-hybridized carbons (Fsp3) is 0.846. The number of hydrogen-bond acceptors (Lipinski definition) is 5. The quantitative estimate of drug-likeness (QED) is 0.204. The van der Waals surface area contributed by atoms with Crippen molar-refractivity contribution in [2.24, 2.45) is 10.8 Å². The molecule has 3 amide bonds. The molecular weight excluding hydrogens is 434 g/mol. The molecule has 0 saturated carbocycles. The lowest BCUT2D eigenvalue weighted by Crippen LogP contribution is -2.43. The van der Waals surface area contributed by atoms with Crippen LogP contribution in [0.5, 0.6) is 0 Å². The molecule has 0 aliphatic rings. The Morgan fingerprint density at radius 3 is 2.18 bits per heavy atom. The van der Waals surface area contributed by atoms with Crippen molar-refractivity contribution in [3.05, 3.63) is 0 Å². The summed E-state index contributed by atoms with van der Waals surface area (Å²) >= 11 is 0. The molecule has 0 aromatic carbocycles. The number of ether oxygens (including phenoxy) is 1. The van der Waals surface area contributed by atoms with Crippen molar-refractivity contribution >= 4 is 24.0 Å². The van der Waals surface area contributed by atoms with Gasteiger partial charge in [-0.05, 0) is 32.6 Å². The van der Waals surface area contributed by atoms with Crippen LogP contribution in [0.3, 0.4) is 0 Å². The van der Waals surface area contributed by atoms with Crippen LogP contribution in [0.1, 0.15) is 99.8 Å². The minimum atomic E-state index is -0.670. The van der Waals surface area contributed by atoms with Crippen LogP contribution in [0.2, 0.25) is 0 Å². The van der Waals surface area contributed by atoms with Crippen molar-refractivity contribution in [1.82, 2.24) is 16.0 Å². The summed E-state index contributed by atoms with van der Waals surface area (Å²) in [7, 11) is 0. The Kier molecular flexibility index (Phi) is 15.7. The predicted octanol–water partition coefficient (Wildman–Crippen LogP) is 3.52. The fourth-order valence-corrected chi connectivity index (χ4v) is 3.05. The molecule has 0 aliphatic heterocycles. The zero-order valence-electron chi connectivity index (χ0n) is 22.6. The summed E-state index contributed by atoms with van der Waals surface area (Å²) in [5.74, 6) is -0.329. The van der Waals surface area contributed by atoms with E-state index in [9.17, 15) is 19.2 Å². The molecule has 0 heterocycles. The van der Waals surface area contributed by atoms with Crippen molar-refractivity contribution in [3.63, 3.8) is 0 Å². The number of amides is 3. The molecule has 3 N–H and O–H groups in total. The standard InChI is InChI=1S/C26H49N3O5/c1-8-9-10-11-16-28-24(33)26(6,7)15-18-34-20(2)14-17-27-22(31)13-12-21(19-30)29-23(32)25(3,4)5/h19-21H,8-18H2,1-7H3,(H,27,31)(H,28,33)(H,29,32). The molecule has 2 atom stereocenters. The molecule has 0 saturated heterocycles. The number of aldehydes is 1. The van der Waals surface area contributed by atoms with Gasteiger partial charge in [-0.3, -0.25) is 14.4 Å². The molecular formula is C26H49N3O5. The molecule has 8 heteroatoms. The van der Waals surface area contributed by atoms with Crippen LogP contribution in [0, 0.1) is 10.8 Å². The van der Waals surface area contributed by atoms with Crippen molar-refractivity contribution in [3.8, 4) is 0 Å². The molecule has 0 spiro atoms. The van der Waals surface area contributed by atoms with E-state index in [0.717, 1.165) is 19.4 Å². The van der Waals surface area contributed by atoms with Gasteiger partial charge in [0.2, 0.25) is 17.7 Å². The second kappa shape index (κ2) is 16.6. The van der Waals surface area contributed by atoms with Crippen LogP contribution in [-0.2, 0) is 23.9 Å². The highest BCUT2D eigenvalue weighted by Crippen LogP contribution is 2.21. The third-order valence-electron chi connectivity index (χ3n) is 5.78. The Labute approximate surface area is 206 Å². The molecule has 8 nitrogen and oxygen atoms in total. The van der Waals surface area contributed by atoms with Crippen LogP contribution in [-0.4, -0.2) is 55.8 Å². The number of hydrogen-bond donors (Lipinski definition) is 3. The third-order valence-corrected chi connectivity index (χ3v) is 5.78. The summed E-state index contributed by atoms with van der Waals surface area (Å²) in [5.41, 5.74) is -1.08. The molecule has 0 fully saturated rings. The lowest BCUT2D eigenvalue weighted by atomic mass is 9.88. The number of nitrogens with one attached hydrogen (secondary N) is 3. The number of rotatable bonds is 18. The Bertz CT molecular complexity index is 628. The van der Waals surface area contributed by atoms with Gasteiger partial charge in [0.15, 0.2) is 0 Å². The van der Waals surface area contributed by atoms with E-state index in [-0.39, 0.29) is 36.7 Å². The average Bonchev–Trinajstić information content (AvgIpc) is 2.75. The zero-order valence-corrected chi connectivity index (χ0v) is 22.6. The van der Waals surface area contributed by atoms with Gasteiger partial charge in [0, 0.05) is 36.9 Å². The number of carbonyl (C=O) groups excluding carboxylic acids is 4. The summed E-state index contributed by atoms with van der Waals surface area (Å²) in [6.07, 6.45) is 6.82. The molecule has 198 valence electrons. The first-order valence-corrected chi connectivity index (χ1v) is 12.8. The second-order valence-corrected chi connectivity index (χ2v) is 10.8. The Hall–Kier alpha value is -1.96. The molecule has 0 aliphatic carbocycles. The van der Waals surface area contributed by atoms with E-state index in [0.29, 0.717) is 32.3 Å². The molecule has 0 aromatic rings. The van der Waals surface area contributed by atoms with E-state index < -0.39 is 16.9 Å². The van der Waals surface area contributed by atoms with E-state index in [1.165, 1.54) is 12.8 Å². The van der Waals surface area contributed by atoms with Crippen LogP contribution in [0.15, 0.2) is 0 Å². The van der Waals surface area contributed by atoms with E-state index in [1.54, 1.807) is 20.8 Å². The predicted molar refractivity (Wildman–Crippen MR) is 135 cm³/mol. The molecule has 0 bridgehead atoms. The van der Waals surface area contributed by atoms with Gasteiger partial charge in [0.05, 0.1) is 12.1 Å².